The van der Waals surface area contributed by atoms with E-state index in [1.165, 1.54) is 77.0 Å². The first-order valence-corrected chi connectivity index (χ1v) is 20.2. The van der Waals surface area contributed by atoms with Crippen LogP contribution in [-0.4, -0.2) is 59.6 Å². The maximum atomic E-state index is 14.0. The van der Waals surface area contributed by atoms with E-state index in [0.29, 0.717) is 41.9 Å². The summed E-state index contributed by atoms with van der Waals surface area (Å²) in [6.45, 7) is 2.99. The smallest absolute Gasteiger partial charge is 0.357 e. The van der Waals surface area contributed by atoms with Gasteiger partial charge in [0.05, 0.1) is 16.6 Å². The summed E-state index contributed by atoms with van der Waals surface area (Å²) in [5, 5.41) is 12.5. The zero-order valence-corrected chi connectivity index (χ0v) is 31.4. The second-order valence-corrected chi connectivity index (χ2v) is 15.7. The van der Waals surface area contributed by atoms with Crippen molar-refractivity contribution in [1.82, 2.24) is 4.90 Å². The number of rotatable bonds is 21. The number of ether oxygens (including phenoxy) is 3. The summed E-state index contributed by atoms with van der Waals surface area (Å²) in [5.41, 5.74) is 0.822. The van der Waals surface area contributed by atoms with Crippen molar-refractivity contribution in [2.75, 3.05) is 13.6 Å². The molecule has 1 fully saturated rings. The third-order valence-electron chi connectivity index (χ3n) is 12.3. The first kappa shape index (κ1) is 38.2. The molecule has 2 bridgehead atoms. The van der Waals surface area contributed by atoms with Crippen LogP contribution in [0.2, 0.25) is 0 Å². The molecule has 6 rings (SSSR count). The van der Waals surface area contributed by atoms with Crippen LogP contribution in [0, 0.1) is 0 Å². The molecule has 2 aromatic rings. The summed E-state index contributed by atoms with van der Waals surface area (Å²) < 4.78 is 18.5. The van der Waals surface area contributed by atoms with E-state index < -0.39 is 35.2 Å². The molecule has 5 atom stereocenters. The number of esters is 2. The second kappa shape index (κ2) is 17.6. The first-order chi connectivity index (χ1) is 25.3. The zero-order chi connectivity index (χ0) is 36.6. The Hall–Kier alpha value is -3.49. The SMILES string of the molecule is CCCCCCCCCCCCCCCCCC(=O)O[C@H](C(=O)OC1=CC[C@@]2(O)[C@H]3Cc4ccc(C=O)c5c4[C@@]2(CCN3C)[C@H]1O5)c1ccccc1. The Morgan fingerprint density at radius 3 is 2.19 bits per heavy atom. The van der Waals surface area contributed by atoms with Gasteiger partial charge in [0.15, 0.2) is 12.4 Å². The van der Waals surface area contributed by atoms with Gasteiger partial charge in [0.25, 0.3) is 0 Å². The molecule has 2 aromatic carbocycles. The number of likely N-dealkylation sites (tertiary alicyclic amines) is 1. The molecule has 1 N–H and O–H groups in total. The van der Waals surface area contributed by atoms with E-state index in [1.54, 1.807) is 36.4 Å². The van der Waals surface area contributed by atoms with Crippen LogP contribution in [0.5, 0.6) is 5.75 Å². The Bertz CT molecular complexity index is 1570. The fourth-order valence-electron chi connectivity index (χ4n) is 9.45. The first-order valence-electron chi connectivity index (χ1n) is 20.2. The number of hydrogen-bond donors (Lipinski definition) is 1. The molecule has 2 aliphatic carbocycles. The lowest BCUT2D eigenvalue weighted by Gasteiger charge is -2.61. The summed E-state index contributed by atoms with van der Waals surface area (Å²) >= 11 is 0. The second-order valence-electron chi connectivity index (χ2n) is 15.7. The van der Waals surface area contributed by atoms with Crippen molar-refractivity contribution < 1.29 is 33.7 Å². The highest BCUT2D eigenvalue weighted by molar-refractivity contribution is 5.84. The van der Waals surface area contributed by atoms with E-state index in [4.69, 9.17) is 14.2 Å². The van der Waals surface area contributed by atoms with Crippen molar-refractivity contribution in [3.05, 3.63) is 76.6 Å². The van der Waals surface area contributed by atoms with Gasteiger partial charge in [0.1, 0.15) is 11.5 Å². The molecular weight excluding hydrogens is 654 g/mol. The van der Waals surface area contributed by atoms with Gasteiger partial charge in [-0.05, 0) is 50.6 Å². The third-order valence-corrected chi connectivity index (χ3v) is 12.3. The Balaban J connectivity index is 1.02. The highest BCUT2D eigenvalue weighted by Crippen LogP contribution is 2.64. The minimum atomic E-state index is -1.24. The fourth-order valence-corrected chi connectivity index (χ4v) is 9.45. The quantitative estimate of drug-likeness (QED) is 0.0778. The summed E-state index contributed by atoms with van der Waals surface area (Å²) in [5.74, 6) is -0.378. The zero-order valence-electron chi connectivity index (χ0n) is 31.4. The Kier molecular flexibility index (Phi) is 12.9. The standard InChI is InChI=1S/C44H59NO7/c1-3-4-5-6-7-8-9-10-11-12-13-14-15-16-20-23-37(47)51-40(32-21-18-17-19-22-32)42(48)50-35-26-27-44(49)36-30-33-24-25-34(31-46)39-38(33)43(44,41(35)52-39)28-29-45(36)2/h17-19,21-22,24-26,31,36,40-41,49H,3-16,20,23,27-30H2,1-2H3/t36-,40+,41+,43+,44-/m1/s1. The predicted octanol–water partition coefficient (Wildman–Crippen LogP) is 8.87. The van der Waals surface area contributed by atoms with Gasteiger partial charge in [-0.1, -0.05) is 133 Å². The van der Waals surface area contributed by atoms with Crippen LogP contribution in [-0.2, 0) is 30.9 Å². The highest BCUT2D eigenvalue weighted by atomic mass is 16.6. The van der Waals surface area contributed by atoms with Gasteiger partial charge in [-0.15, -0.1) is 0 Å². The molecular formula is C44H59NO7. The van der Waals surface area contributed by atoms with Crippen LogP contribution in [0.1, 0.15) is 156 Å². The van der Waals surface area contributed by atoms with Crippen LogP contribution in [0.25, 0.3) is 0 Å². The number of carbonyl (C=O) groups is 3. The molecule has 0 radical (unpaired) electrons. The Labute approximate surface area is 310 Å². The Morgan fingerprint density at radius 1 is 0.923 bits per heavy atom. The molecule has 1 saturated heterocycles. The lowest BCUT2D eigenvalue weighted by molar-refractivity contribution is -0.176. The van der Waals surface area contributed by atoms with Crippen molar-refractivity contribution in [3.63, 3.8) is 0 Å². The van der Waals surface area contributed by atoms with Crippen molar-refractivity contribution in [2.45, 2.75) is 158 Å². The average molecular weight is 714 g/mol. The average Bonchev–Trinajstić information content (AvgIpc) is 3.51. The van der Waals surface area contributed by atoms with Crippen LogP contribution in [0.15, 0.2) is 54.3 Å². The third kappa shape index (κ3) is 7.75. The summed E-state index contributed by atoms with van der Waals surface area (Å²) in [7, 11) is 2.03. The maximum Gasteiger partial charge on any atom is 0.357 e. The number of likely N-dealkylation sites (N-methyl/N-ethyl adjacent to an activating group) is 1. The van der Waals surface area contributed by atoms with E-state index in [1.807, 2.05) is 19.2 Å². The van der Waals surface area contributed by atoms with Crippen molar-refractivity contribution in [2.24, 2.45) is 0 Å². The molecule has 282 valence electrons. The molecule has 0 saturated carbocycles. The van der Waals surface area contributed by atoms with Gasteiger partial charge in [0.2, 0.25) is 6.10 Å². The molecule has 4 aliphatic rings. The fraction of sp³-hybridized carbons (Fsp3) is 0.614. The summed E-state index contributed by atoms with van der Waals surface area (Å²) in [6, 6.07) is 12.6. The number of hydrogen-bond acceptors (Lipinski definition) is 8. The van der Waals surface area contributed by atoms with Crippen LogP contribution in [0.3, 0.4) is 0 Å². The molecule has 0 aromatic heterocycles. The number of carbonyl (C=O) groups excluding carboxylic acids is 3. The predicted molar refractivity (Wildman–Crippen MR) is 201 cm³/mol. The van der Waals surface area contributed by atoms with Gasteiger partial charge in [-0.2, -0.15) is 0 Å². The minimum absolute atomic E-state index is 0.154. The van der Waals surface area contributed by atoms with Gasteiger partial charge >= 0.3 is 11.9 Å². The van der Waals surface area contributed by atoms with E-state index in [-0.39, 0.29) is 18.9 Å². The topological polar surface area (TPSA) is 102 Å². The summed E-state index contributed by atoms with van der Waals surface area (Å²) in [6.07, 6.45) is 20.9. The molecule has 2 aliphatic heterocycles. The van der Waals surface area contributed by atoms with E-state index in [9.17, 15) is 19.5 Å². The summed E-state index contributed by atoms with van der Waals surface area (Å²) in [4.78, 5) is 41.4. The van der Waals surface area contributed by atoms with Crippen molar-refractivity contribution >= 4 is 18.2 Å². The van der Waals surface area contributed by atoms with Crippen LogP contribution in [0.4, 0.5) is 0 Å². The van der Waals surface area contributed by atoms with Crippen LogP contribution >= 0.6 is 0 Å². The van der Waals surface area contributed by atoms with E-state index >= 15 is 0 Å². The van der Waals surface area contributed by atoms with Gasteiger partial charge in [-0.3, -0.25) is 9.59 Å². The van der Waals surface area contributed by atoms with Crippen molar-refractivity contribution in [1.29, 1.82) is 0 Å². The molecule has 0 unspecified atom stereocenters. The molecule has 2 heterocycles. The Morgan fingerprint density at radius 2 is 1.56 bits per heavy atom. The number of unbranched alkanes of at least 4 members (excludes halogenated alkanes) is 14. The van der Waals surface area contributed by atoms with Gasteiger partial charge in [-0.25, -0.2) is 4.79 Å². The minimum Gasteiger partial charge on any atom is -0.480 e. The van der Waals surface area contributed by atoms with E-state index in [2.05, 4.69) is 11.8 Å². The maximum absolute atomic E-state index is 14.0. The van der Waals surface area contributed by atoms with Crippen LogP contribution < -0.4 is 4.74 Å². The number of aldehydes is 1. The van der Waals surface area contributed by atoms with Gasteiger partial charge < -0.3 is 24.2 Å². The number of nitrogens with zero attached hydrogens (tertiary/aromatic N) is 1. The molecule has 0 amide bonds. The van der Waals surface area contributed by atoms with E-state index in [0.717, 1.165) is 36.8 Å². The molecule has 1 spiro atoms. The largest absolute Gasteiger partial charge is 0.480 e. The number of benzene rings is 2. The lowest BCUT2D eigenvalue weighted by atomic mass is 9.50. The van der Waals surface area contributed by atoms with Gasteiger partial charge in [0, 0.05) is 30.0 Å². The lowest BCUT2D eigenvalue weighted by Crippen LogP contribution is -2.74. The number of aliphatic hydroxyl groups is 1. The number of piperidine rings is 1. The molecule has 52 heavy (non-hydrogen) atoms. The molecule has 8 heteroatoms. The normalized spacial score (nSPS) is 24.7. The highest BCUT2D eigenvalue weighted by Gasteiger charge is 2.72. The van der Waals surface area contributed by atoms with Crippen molar-refractivity contribution in [3.8, 4) is 5.75 Å². The monoisotopic (exact) mass is 713 g/mol. The molecule has 8 nitrogen and oxygen atoms in total.